The second kappa shape index (κ2) is 12.2. The number of likely N-dealkylation sites (tertiary alicyclic amines) is 2. The smallest absolute Gasteiger partial charge is 0.257 e. The average Bonchev–Trinajstić information content (AvgIpc) is 3.32. The summed E-state index contributed by atoms with van der Waals surface area (Å²) < 4.78 is 7.22. The number of benzene rings is 2. The van der Waals surface area contributed by atoms with Gasteiger partial charge in [-0.25, -0.2) is 0 Å². The molecule has 1 saturated carbocycles. The van der Waals surface area contributed by atoms with E-state index in [-0.39, 0.29) is 40.4 Å². The lowest BCUT2D eigenvalue weighted by molar-refractivity contribution is -0.156. The topological polar surface area (TPSA) is 88.0 Å². The van der Waals surface area contributed by atoms with Crippen molar-refractivity contribution in [3.05, 3.63) is 89.7 Å². The minimum absolute atomic E-state index is 0.0699. The van der Waals surface area contributed by atoms with Crippen LogP contribution in [0.4, 0.5) is 0 Å². The Balaban J connectivity index is 0.000000433. The normalized spacial score (nSPS) is 23.0. The van der Waals surface area contributed by atoms with Gasteiger partial charge in [-0.2, -0.15) is 5.10 Å². The molecule has 7 rings (SSSR count). The summed E-state index contributed by atoms with van der Waals surface area (Å²) in [6.45, 7) is 11.1. The lowest BCUT2D eigenvalue weighted by Crippen LogP contribution is -2.65. The van der Waals surface area contributed by atoms with Gasteiger partial charge in [-0.05, 0) is 24.3 Å². The second-order valence-electron chi connectivity index (χ2n) is 13.5. The van der Waals surface area contributed by atoms with Gasteiger partial charge in [0, 0.05) is 56.8 Å². The van der Waals surface area contributed by atoms with Gasteiger partial charge >= 0.3 is 0 Å². The fourth-order valence-corrected chi connectivity index (χ4v) is 6.81. The van der Waals surface area contributed by atoms with Crippen LogP contribution in [-0.2, 0) is 20.9 Å². The van der Waals surface area contributed by atoms with Gasteiger partial charge in [0.2, 0.25) is 11.8 Å². The van der Waals surface area contributed by atoms with Crippen molar-refractivity contribution in [3.8, 4) is 0 Å². The van der Waals surface area contributed by atoms with Crippen molar-refractivity contribution in [2.45, 2.75) is 33.7 Å². The molecular weight excluding hydrogens is 554 g/mol. The molecule has 0 bridgehead atoms. The third-order valence-electron chi connectivity index (χ3n) is 9.70. The van der Waals surface area contributed by atoms with E-state index in [1.54, 1.807) is 22.0 Å². The zero-order valence-electron chi connectivity index (χ0n) is 26.0. The number of aromatic nitrogens is 2. The molecule has 2 aromatic carbocycles. The SMILES string of the molecule is CC1(C)C[C@@H]1C(=O)N1CC2(CN(C(=O)c3cnn(Cc4ccccc4)c3)C[C@H]2C(=O)N2CCOCC2)C1.Cc1ccccc1. The van der Waals surface area contributed by atoms with E-state index in [0.29, 0.717) is 64.6 Å². The van der Waals surface area contributed by atoms with Gasteiger partial charge in [0.05, 0.1) is 37.4 Å². The molecule has 0 radical (unpaired) electrons. The number of hydrogen-bond acceptors (Lipinski definition) is 5. The number of carbonyl (C=O) groups is 3. The Labute approximate surface area is 259 Å². The quantitative estimate of drug-likeness (QED) is 0.448. The highest BCUT2D eigenvalue weighted by Crippen LogP contribution is 2.54. The molecule has 0 N–H and O–H groups in total. The number of morpholine rings is 1. The van der Waals surface area contributed by atoms with Gasteiger partial charge in [-0.3, -0.25) is 19.1 Å². The molecule has 3 saturated heterocycles. The molecule has 2 atom stereocenters. The van der Waals surface area contributed by atoms with Crippen LogP contribution in [0.1, 0.15) is 41.8 Å². The summed E-state index contributed by atoms with van der Waals surface area (Å²) in [6.07, 6.45) is 4.31. The van der Waals surface area contributed by atoms with Crippen LogP contribution in [0.3, 0.4) is 0 Å². The molecule has 1 spiro atoms. The van der Waals surface area contributed by atoms with Crippen molar-refractivity contribution >= 4 is 17.7 Å². The Kier molecular flexibility index (Phi) is 8.33. The number of amides is 3. The fraction of sp³-hybridized carbons (Fsp3) is 0.486. The Bertz CT molecular complexity index is 1470. The van der Waals surface area contributed by atoms with Crippen LogP contribution < -0.4 is 0 Å². The maximum Gasteiger partial charge on any atom is 0.257 e. The van der Waals surface area contributed by atoms with Crippen molar-refractivity contribution in [2.24, 2.45) is 22.7 Å². The highest BCUT2D eigenvalue weighted by atomic mass is 16.5. The molecule has 9 heteroatoms. The zero-order valence-corrected chi connectivity index (χ0v) is 26.0. The van der Waals surface area contributed by atoms with Gasteiger partial charge in [-0.1, -0.05) is 80.1 Å². The van der Waals surface area contributed by atoms with E-state index < -0.39 is 0 Å². The van der Waals surface area contributed by atoms with E-state index in [9.17, 15) is 14.4 Å². The summed E-state index contributed by atoms with van der Waals surface area (Å²) in [5.41, 5.74) is 2.64. The standard InChI is InChI=1S/C28H35N5O4.C7H8/c1-27(2)12-22(27)25(35)32-18-28(19-32)17-31(16-23(28)26(36)30-8-10-37-11-9-30)24(34)21-13-29-33(15-21)14-20-6-4-3-5-7-20;1-7-5-3-2-4-6-7/h3-7,13,15,22-23H,8-12,14,16-19H2,1-2H3;2-6H,1H3/t22-,23+;/m1./s1. The van der Waals surface area contributed by atoms with Crippen molar-refractivity contribution in [1.82, 2.24) is 24.5 Å². The molecule has 44 heavy (non-hydrogen) atoms. The van der Waals surface area contributed by atoms with Crippen molar-refractivity contribution in [1.29, 1.82) is 0 Å². The highest BCUT2D eigenvalue weighted by Gasteiger charge is 2.62. The Hall–Kier alpha value is -3.98. The molecule has 232 valence electrons. The third kappa shape index (κ3) is 6.29. The molecule has 3 aliphatic heterocycles. The number of rotatable bonds is 5. The fourth-order valence-electron chi connectivity index (χ4n) is 6.81. The summed E-state index contributed by atoms with van der Waals surface area (Å²) in [5.74, 6) is -0.0699. The van der Waals surface area contributed by atoms with E-state index in [1.807, 2.05) is 58.3 Å². The molecule has 3 aromatic rings. The van der Waals surface area contributed by atoms with Crippen LogP contribution in [-0.4, -0.2) is 94.7 Å². The predicted octanol–water partition coefficient (Wildman–Crippen LogP) is 3.73. The molecule has 1 aliphatic carbocycles. The maximum atomic E-state index is 13.7. The number of hydrogen-bond donors (Lipinski definition) is 0. The summed E-state index contributed by atoms with van der Waals surface area (Å²) in [4.78, 5) is 45.8. The van der Waals surface area contributed by atoms with E-state index in [1.165, 1.54) is 5.56 Å². The van der Waals surface area contributed by atoms with Crippen LogP contribution in [0.15, 0.2) is 73.1 Å². The number of aryl methyl sites for hydroxylation is 1. The molecule has 4 aliphatic rings. The molecular formula is C35H43N5O4. The second-order valence-corrected chi connectivity index (χ2v) is 13.5. The average molecular weight is 598 g/mol. The summed E-state index contributed by atoms with van der Waals surface area (Å²) in [7, 11) is 0. The largest absolute Gasteiger partial charge is 0.378 e. The van der Waals surface area contributed by atoms with Gasteiger partial charge in [-0.15, -0.1) is 0 Å². The predicted molar refractivity (Wildman–Crippen MR) is 167 cm³/mol. The molecule has 1 aromatic heterocycles. The number of ether oxygens (including phenoxy) is 1. The van der Waals surface area contributed by atoms with Crippen molar-refractivity contribution in [2.75, 3.05) is 52.5 Å². The van der Waals surface area contributed by atoms with Crippen LogP contribution in [0.2, 0.25) is 0 Å². The maximum absolute atomic E-state index is 13.7. The first kappa shape index (κ1) is 30.1. The highest BCUT2D eigenvalue weighted by molar-refractivity contribution is 5.95. The summed E-state index contributed by atoms with van der Waals surface area (Å²) in [5, 5.41) is 4.40. The molecule has 4 heterocycles. The first-order valence-corrected chi connectivity index (χ1v) is 15.7. The first-order chi connectivity index (χ1) is 21.1. The number of carbonyl (C=O) groups excluding carboxylic acids is 3. The van der Waals surface area contributed by atoms with Crippen LogP contribution in [0.5, 0.6) is 0 Å². The Morgan fingerprint density at radius 1 is 0.841 bits per heavy atom. The molecule has 3 amide bonds. The molecule has 4 fully saturated rings. The van der Waals surface area contributed by atoms with E-state index in [0.717, 1.165) is 12.0 Å². The minimum Gasteiger partial charge on any atom is -0.378 e. The van der Waals surface area contributed by atoms with Crippen LogP contribution in [0, 0.1) is 29.6 Å². The first-order valence-electron chi connectivity index (χ1n) is 15.7. The van der Waals surface area contributed by atoms with E-state index in [2.05, 4.69) is 38.0 Å². The van der Waals surface area contributed by atoms with E-state index >= 15 is 0 Å². The molecule has 9 nitrogen and oxygen atoms in total. The lowest BCUT2D eigenvalue weighted by atomic mass is 9.70. The van der Waals surface area contributed by atoms with Crippen LogP contribution in [0.25, 0.3) is 0 Å². The third-order valence-corrected chi connectivity index (χ3v) is 9.70. The monoisotopic (exact) mass is 597 g/mol. The van der Waals surface area contributed by atoms with Gasteiger partial charge < -0.3 is 19.4 Å². The van der Waals surface area contributed by atoms with E-state index in [4.69, 9.17) is 4.74 Å². The Morgan fingerprint density at radius 2 is 1.43 bits per heavy atom. The van der Waals surface area contributed by atoms with Crippen molar-refractivity contribution in [3.63, 3.8) is 0 Å². The van der Waals surface area contributed by atoms with Crippen molar-refractivity contribution < 1.29 is 19.1 Å². The zero-order chi connectivity index (χ0) is 30.9. The minimum atomic E-state index is -0.389. The van der Waals surface area contributed by atoms with Gasteiger partial charge in [0.1, 0.15) is 0 Å². The number of nitrogens with zero attached hydrogens (tertiary/aromatic N) is 5. The Morgan fingerprint density at radius 3 is 2.02 bits per heavy atom. The summed E-state index contributed by atoms with van der Waals surface area (Å²) in [6, 6.07) is 20.3. The van der Waals surface area contributed by atoms with Crippen LogP contribution >= 0.6 is 0 Å². The molecule has 0 unspecified atom stereocenters. The van der Waals surface area contributed by atoms with Gasteiger partial charge in [0.15, 0.2) is 0 Å². The lowest BCUT2D eigenvalue weighted by Gasteiger charge is -2.51. The van der Waals surface area contributed by atoms with Gasteiger partial charge in [0.25, 0.3) is 5.91 Å². The summed E-state index contributed by atoms with van der Waals surface area (Å²) >= 11 is 0.